The molecule has 0 fully saturated rings. The van der Waals surface area contributed by atoms with E-state index in [4.69, 9.17) is 0 Å². The molecule has 1 aliphatic rings. The zero-order valence-corrected chi connectivity index (χ0v) is 18.2. The second-order valence-electron chi connectivity index (χ2n) is 7.42. The molecule has 33 heavy (non-hydrogen) atoms. The van der Waals surface area contributed by atoms with Crippen molar-refractivity contribution in [1.29, 1.82) is 0 Å². The highest BCUT2D eigenvalue weighted by atomic mass is 32.2. The van der Waals surface area contributed by atoms with Crippen LogP contribution in [0.25, 0.3) is 0 Å². The van der Waals surface area contributed by atoms with Crippen LogP contribution in [0.2, 0.25) is 0 Å². The maximum Gasteiger partial charge on any atom is 0.573 e. The Kier molecular flexibility index (Phi) is 6.52. The number of nitrogens with zero attached hydrogens (tertiary/aromatic N) is 3. The fourth-order valence-corrected chi connectivity index (χ4v) is 4.79. The first kappa shape index (κ1) is 23.0. The van der Waals surface area contributed by atoms with Gasteiger partial charge < -0.3 is 9.64 Å². The average molecular weight is 478 g/mol. The minimum atomic E-state index is -4.84. The molecule has 3 aromatic rings. The van der Waals surface area contributed by atoms with E-state index >= 15 is 0 Å². The SMILES string of the molecule is O=S(=O)(NCCCN1c2ccccc2CCc2cncnc21)c1ccc(OC(F)(F)F)cc1. The van der Waals surface area contributed by atoms with Crippen LogP contribution in [0.5, 0.6) is 5.75 Å². The van der Waals surface area contributed by atoms with Gasteiger partial charge in [0.2, 0.25) is 10.0 Å². The smallest absolute Gasteiger partial charge is 0.406 e. The number of ether oxygens (including phenoxy) is 1. The van der Waals surface area contributed by atoms with Crippen LogP contribution in [0.3, 0.4) is 0 Å². The van der Waals surface area contributed by atoms with Crippen LogP contribution >= 0.6 is 0 Å². The highest BCUT2D eigenvalue weighted by Crippen LogP contribution is 2.34. The van der Waals surface area contributed by atoms with Crippen molar-refractivity contribution in [3.05, 3.63) is 72.2 Å². The summed E-state index contributed by atoms with van der Waals surface area (Å²) in [5, 5.41) is 0. The van der Waals surface area contributed by atoms with Gasteiger partial charge in [-0.25, -0.2) is 23.1 Å². The maximum atomic E-state index is 12.5. The number of aromatic nitrogens is 2. The monoisotopic (exact) mass is 478 g/mol. The molecule has 1 aliphatic heterocycles. The Morgan fingerprint density at radius 2 is 1.76 bits per heavy atom. The largest absolute Gasteiger partial charge is 0.573 e. The zero-order chi connectivity index (χ0) is 23.5. The van der Waals surface area contributed by atoms with Gasteiger partial charge in [-0.15, -0.1) is 13.2 Å². The van der Waals surface area contributed by atoms with Crippen LogP contribution in [0, 0.1) is 0 Å². The van der Waals surface area contributed by atoms with E-state index in [1.54, 1.807) is 6.20 Å². The number of nitrogens with one attached hydrogen (secondary N) is 1. The molecule has 1 aromatic heterocycles. The number of rotatable bonds is 7. The minimum absolute atomic E-state index is 0.141. The molecule has 1 N–H and O–H groups in total. The van der Waals surface area contributed by atoms with E-state index in [1.807, 2.05) is 18.2 Å². The molecule has 0 amide bonds. The summed E-state index contributed by atoms with van der Waals surface area (Å²) in [5.41, 5.74) is 3.23. The number of para-hydroxylation sites is 1. The van der Waals surface area contributed by atoms with E-state index < -0.39 is 22.1 Å². The van der Waals surface area contributed by atoms with Crippen LogP contribution in [0.4, 0.5) is 24.7 Å². The number of hydrogen-bond acceptors (Lipinski definition) is 6. The van der Waals surface area contributed by atoms with Gasteiger partial charge >= 0.3 is 6.36 Å². The lowest BCUT2D eigenvalue weighted by Crippen LogP contribution is -2.29. The fraction of sp³-hybridized carbons (Fsp3) is 0.273. The molecule has 0 aliphatic carbocycles. The number of halogens is 3. The number of alkyl halides is 3. The Bertz CT molecular complexity index is 1170. The van der Waals surface area contributed by atoms with Crippen LogP contribution in [0.1, 0.15) is 17.5 Å². The first-order valence-corrected chi connectivity index (χ1v) is 11.7. The van der Waals surface area contributed by atoms with Crippen molar-refractivity contribution < 1.29 is 26.3 Å². The lowest BCUT2D eigenvalue weighted by molar-refractivity contribution is -0.274. The van der Waals surface area contributed by atoms with Crippen LogP contribution < -0.4 is 14.4 Å². The number of anilines is 2. The molecule has 11 heteroatoms. The molecule has 2 heterocycles. The van der Waals surface area contributed by atoms with Crippen LogP contribution in [0.15, 0.2) is 66.0 Å². The summed E-state index contributed by atoms with van der Waals surface area (Å²) < 4.78 is 68.2. The van der Waals surface area contributed by atoms with Gasteiger partial charge in [0.25, 0.3) is 0 Å². The van der Waals surface area contributed by atoms with Crippen molar-refractivity contribution in [3.63, 3.8) is 0 Å². The van der Waals surface area contributed by atoms with Gasteiger partial charge in [0.15, 0.2) is 0 Å². The van der Waals surface area contributed by atoms with Crippen molar-refractivity contribution in [2.75, 3.05) is 18.0 Å². The van der Waals surface area contributed by atoms with Crippen LogP contribution in [-0.2, 0) is 22.9 Å². The number of benzene rings is 2. The lowest BCUT2D eigenvalue weighted by atomic mass is 10.1. The Morgan fingerprint density at radius 3 is 2.52 bits per heavy atom. The third kappa shape index (κ3) is 5.60. The molecule has 0 saturated carbocycles. The zero-order valence-electron chi connectivity index (χ0n) is 17.4. The first-order valence-electron chi connectivity index (χ1n) is 10.2. The molecule has 4 rings (SSSR count). The normalized spacial score (nSPS) is 13.7. The number of fused-ring (bicyclic) bond motifs is 2. The van der Waals surface area contributed by atoms with E-state index in [0.29, 0.717) is 13.0 Å². The van der Waals surface area contributed by atoms with Gasteiger partial charge in [0, 0.05) is 30.5 Å². The van der Waals surface area contributed by atoms with Crippen molar-refractivity contribution in [2.45, 2.75) is 30.5 Å². The number of hydrogen-bond donors (Lipinski definition) is 1. The molecular weight excluding hydrogens is 457 g/mol. The molecule has 0 spiro atoms. The predicted molar refractivity (Wildman–Crippen MR) is 116 cm³/mol. The summed E-state index contributed by atoms with van der Waals surface area (Å²) in [6.07, 6.45) is 0.600. The number of sulfonamides is 1. The average Bonchev–Trinajstić information content (AvgIpc) is 2.93. The van der Waals surface area contributed by atoms with E-state index in [2.05, 4.69) is 30.4 Å². The number of aryl methyl sites for hydroxylation is 2. The summed E-state index contributed by atoms with van der Waals surface area (Å²) >= 11 is 0. The van der Waals surface area contributed by atoms with Gasteiger partial charge in [0.05, 0.1) is 4.90 Å². The molecule has 2 aromatic carbocycles. The van der Waals surface area contributed by atoms with E-state index in [0.717, 1.165) is 54.2 Å². The van der Waals surface area contributed by atoms with Gasteiger partial charge in [-0.2, -0.15) is 0 Å². The van der Waals surface area contributed by atoms with Gasteiger partial charge in [-0.05, 0) is 55.2 Å². The Morgan fingerprint density at radius 1 is 1.03 bits per heavy atom. The molecule has 0 saturated heterocycles. The molecule has 0 unspecified atom stereocenters. The Labute approximate surface area is 189 Å². The summed E-state index contributed by atoms with van der Waals surface area (Å²) in [6.45, 7) is 0.657. The Hall–Kier alpha value is -3.18. The highest BCUT2D eigenvalue weighted by molar-refractivity contribution is 7.89. The van der Waals surface area contributed by atoms with E-state index in [-0.39, 0.29) is 11.4 Å². The summed E-state index contributed by atoms with van der Waals surface area (Å²) in [7, 11) is -3.88. The molecule has 174 valence electrons. The molecule has 0 bridgehead atoms. The third-order valence-corrected chi connectivity index (χ3v) is 6.66. The third-order valence-electron chi connectivity index (χ3n) is 5.18. The van der Waals surface area contributed by atoms with E-state index in [9.17, 15) is 21.6 Å². The predicted octanol–water partition coefficient (Wildman–Crippen LogP) is 3.98. The van der Waals surface area contributed by atoms with Gasteiger partial charge in [-0.3, -0.25) is 0 Å². The first-order chi connectivity index (χ1) is 15.7. The molecule has 7 nitrogen and oxygen atoms in total. The minimum Gasteiger partial charge on any atom is -0.406 e. The van der Waals surface area contributed by atoms with Crippen molar-refractivity contribution in [2.24, 2.45) is 0 Å². The van der Waals surface area contributed by atoms with Crippen molar-refractivity contribution in [3.8, 4) is 5.75 Å². The lowest BCUT2D eigenvalue weighted by Gasteiger charge is -2.25. The maximum absolute atomic E-state index is 12.5. The van der Waals surface area contributed by atoms with Gasteiger partial charge in [0.1, 0.15) is 17.9 Å². The topological polar surface area (TPSA) is 84.4 Å². The Balaban J connectivity index is 1.42. The quantitative estimate of drug-likeness (QED) is 0.517. The summed E-state index contributed by atoms with van der Waals surface area (Å²) in [5.74, 6) is 0.319. The highest BCUT2D eigenvalue weighted by Gasteiger charge is 2.31. The summed E-state index contributed by atoms with van der Waals surface area (Å²) in [6, 6.07) is 12.1. The molecule has 0 atom stereocenters. The van der Waals surface area contributed by atoms with Crippen molar-refractivity contribution >= 4 is 21.5 Å². The van der Waals surface area contributed by atoms with Crippen LogP contribution in [-0.4, -0.2) is 37.8 Å². The summed E-state index contributed by atoms with van der Waals surface area (Å²) in [4.78, 5) is 10.5. The molecule has 0 radical (unpaired) electrons. The standard InChI is InChI=1S/C22H21F3N4O3S/c23-22(24,25)32-18-8-10-19(11-9-18)33(30,31)28-12-3-13-29-20-5-2-1-4-16(20)6-7-17-14-26-15-27-21(17)29/h1-2,4-5,8-11,14-15,28H,3,6-7,12-13H2. The molecular formula is C22H21F3N4O3S. The fourth-order valence-electron chi connectivity index (χ4n) is 3.71. The second-order valence-corrected chi connectivity index (χ2v) is 9.19. The second kappa shape index (κ2) is 9.36. The van der Waals surface area contributed by atoms with E-state index in [1.165, 1.54) is 11.9 Å². The van der Waals surface area contributed by atoms with Gasteiger partial charge in [-0.1, -0.05) is 18.2 Å². The van der Waals surface area contributed by atoms with Crippen molar-refractivity contribution in [1.82, 2.24) is 14.7 Å².